The number of alkyl halides is 3. The van der Waals surface area contributed by atoms with E-state index in [0.717, 1.165) is 17.7 Å². The molecule has 0 aliphatic carbocycles. The number of methoxy groups -OCH3 is 1. The van der Waals surface area contributed by atoms with E-state index in [1.165, 1.54) is 28.2 Å². The summed E-state index contributed by atoms with van der Waals surface area (Å²) in [6.07, 6.45) is -4.54. The average Bonchev–Trinajstić information content (AvgIpc) is 3.40. The lowest BCUT2D eigenvalue weighted by Crippen LogP contribution is -2.16. The molecule has 164 valence electrons. The summed E-state index contributed by atoms with van der Waals surface area (Å²) in [6.45, 7) is 1.74. The molecule has 0 atom stereocenters. The van der Waals surface area contributed by atoms with Crippen molar-refractivity contribution in [3.05, 3.63) is 76.8 Å². The van der Waals surface area contributed by atoms with Crippen molar-refractivity contribution in [3.63, 3.8) is 0 Å². The van der Waals surface area contributed by atoms with Crippen molar-refractivity contribution in [2.24, 2.45) is 0 Å². The first-order valence-electron chi connectivity index (χ1n) is 9.40. The van der Waals surface area contributed by atoms with Crippen molar-refractivity contribution in [2.45, 2.75) is 13.1 Å². The SMILES string of the molecule is COc1cccc(-c2csc(-n3nc(C)cc3NC(=O)c3cccc(C(F)(F)F)c3)n2)c1. The van der Waals surface area contributed by atoms with Crippen molar-refractivity contribution >= 4 is 23.1 Å². The van der Waals surface area contributed by atoms with Gasteiger partial charge in [0.15, 0.2) is 0 Å². The number of nitrogens with one attached hydrogen (secondary N) is 1. The van der Waals surface area contributed by atoms with Crippen LogP contribution in [0.4, 0.5) is 19.0 Å². The van der Waals surface area contributed by atoms with Crippen LogP contribution in [0.5, 0.6) is 5.75 Å². The molecular formula is C22H17F3N4O2S. The third-order valence-electron chi connectivity index (χ3n) is 4.56. The van der Waals surface area contributed by atoms with Crippen molar-refractivity contribution < 1.29 is 22.7 Å². The largest absolute Gasteiger partial charge is 0.497 e. The molecule has 0 saturated carbocycles. The molecule has 0 saturated heterocycles. The maximum atomic E-state index is 13.0. The minimum atomic E-state index is -4.54. The summed E-state index contributed by atoms with van der Waals surface area (Å²) < 4.78 is 45.6. The normalized spacial score (nSPS) is 11.4. The molecule has 0 unspecified atom stereocenters. The Kier molecular flexibility index (Phi) is 5.70. The molecule has 2 aromatic heterocycles. The highest BCUT2D eigenvalue weighted by molar-refractivity contribution is 7.12. The summed E-state index contributed by atoms with van der Waals surface area (Å²) in [5.41, 5.74) is 1.17. The number of rotatable bonds is 5. The van der Waals surface area contributed by atoms with Gasteiger partial charge in [-0.3, -0.25) is 4.79 Å². The topological polar surface area (TPSA) is 69.0 Å². The van der Waals surface area contributed by atoms with Gasteiger partial charge in [-0.2, -0.15) is 23.0 Å². The van der Waals surface area contributed by atoms with Gasteiger partial charge in [0.2, 0.25) is 5.13 Å². The van der Waals surface area contributed by atoms with E-state index in [1.807, 2.05) is 29.6 Å². The van der Waals surface area contributed by atoms with Crippen molar-refractivity contribution in [1.29, 1.82) is 0 Å². The van der Waals surface area contributed by atoms with Gasteiger partial charge in [-0.1, -0.05) is 18.2 Å². The smallest absolute Gasteiger partial charge is 0.416 e. The fourth-order valence-electron chi connectivity index (χ4n) is 3.04. The molecule has 32 heavy (non-hydrogen) atoms. The van der Waals surface area contributed by atoms with Crippen LogP contribution in [0.3, 0.4) is 0 Å². The Labute approximate surface area is 185 Å². The Morgan fingerprint density at radius 2 is 1.91 bits per heavy atom. The molecule has 0 spiro atoms. The van der Waals surface area contributed by atoms with Crippen LogP contribution in [0.1, 0.15) is 21.6 Å². The highest BCUT2D eigenvalue weighted by atomic mass is 32.1. The van der Waals surface area contributed by atoms with Crippen LogP contribution in [0.15, 0.2) is 60.0 Å². The number of carbonyl (C=O) groups excluding carboxylic acids is 1. The Bertz CT molecular complexity index is 1280. The molecule has 1 amide bonds. The minimum Gasteiger partial charge on any atom is -0.497 e. The standard InChI is InChI=1S/C22H17F3N4O2S/c1-13-9-19(27-20(30)15-6-3-7-16(10-15)22(23,24)25)29(28-13)21-26-18(12-32-21)14-5-4-8-17(11-14)31-2/h3-12H,1-2H3,(H,27,30). The maximum absolute atomic E-state index is 13.0. The number of nitrogens with zero attached hydrogens (tertiary/aromatic N) is 3. The summed E-state index contributed by atoms with van der Waals surface area (Å²) >= 11 is 1.32. The summed E-state index contributed by atoms with van der Waals surface area (Å²) in [7, 11) is 1.58. The van der Waals surface area contributed by atoms with Gasteiger partial charge < -0.3 is 10.1 Å². The van der Waals surface area contributed by atoms with E-state index >= 15 is 0 Å². The molecule has 0 aliphatic heterocycles. The van der Waals surface area contributed by atoms with Crippen LogP contribution in [0.25, 0.3) is 16.4 Å². The minimum absolute atomic E-state index is 0.110. The average molecular weight is 458 g/mol. The van der Waals surface area contributed by atoms with Gasteiger partial charge in [-0.25, -0.2) is 4.98 Å². The molecule has 0 radical (unpaired) electrons. The van der Waals surface area contributed by atoms with Crippen LogP contribution >= 0.6 is 11.3 Å². The predicted octanol–water partition coefficient (Wildman–Crippen LogP) is 5.58. The molecule has 2 heterocycles. The van der Waals surface area contributed by atoms with Crippen LogP contribution in [-0.2, 0) is 6.18 Å². The molecular weight excluding hydrogens is 441 g/mol. The third kappa shape index (κ3) is 4.50. The molecule has 1 N–H and O–H groups in total. The van der Waals surface area contributed by atoms with Gasteiger partial charge in [-0.15, -0.1) is 11.3 Å². The fraction of sp³-hybridized carbons (Fsp3) is 0.136. The lowest BCUT2D eigenvalue weighted by molar-refractivity contribution is -0.137. The van der Waals surface area contributed by atoms with E-state index in [1.54, 1.807) is 20.1 Å². The van der Waals surface area contributed by atoms with Crippen LogP contribution in [-0.4, -0.2) is 27.8 Å². The lowest BCUT2D eigenvalue weighted by atomic mass is 10.1. The number of halogens is 3. The molecule has 0 fully saturated rings. The second-order valence-corrected chi connectivity index (χ2v) is 7.70. The summed E-state index contributed by atoms with van der Waals surface area (Å²) in [5.74, 6) is 0.319. The first kappa shape index (κ1) is 21.6. The number of ether oxygens (including phenoxy) is 1. The molecule has 4 aromatic rings. The first-order valence-corrected chi connectivity index (χ1v) is 10.3. The number of anilines is 1. The zero-order chi connectivity index (χ0) is 22.9. The van der Waals surface area contributed by atoms with Gasteiger partial charge in [0.05, 0.1) is 24.1 Å². The maximum Gasteiger partial charge on any atom is 0.416 e. The second-order valence-electron chi connectivity index (χ2n) is 6.86. The Morgan fingerprint density at radius 3 is 2.66 bits per heavy atom. The Balaban J connectivity index is 1.62. The van der Waals surface area contributed by atoms with Gasteiger partial charge >= 0.3 is 6.18 Å². The van der Waals surface area contributed by atoms with E-state index in [0.29, 0.717) is 28.1 Å². The number of hydrogen-bond donors (Lipinski definition) is 1. The third-order valence-corrected chi connectivity index (χ3v) is 5.38. The van der Waals surface area contributed by atoms with Gasteiger partial charge in [-0.05, 0) is 37.3 Å². The Hall–Kier alpha value is -3.66. The molecule has 10 heteroatoms. The number of benzene rings is 2. The zero-order valence-electron chi connectivity index (χ0n) is 17.0. The molecule has 4 rings (SSSR count). The van der Waals surface area contributed by atoms with E-state index in [2.05, 4.69) is 15.4 Å². The van der Waals surface area contributed by atoms with E-state index in [4.69, 9.17) is 4.74 Å². The molecule has 6 nitrogen and oxygen atoms in total. The monoisotopic (exact) mass is 458 g/mol. The summed E-state index contributed by atoms with van der Waals surface area (Å²) in [6, 6.07) is 13.3. The van der Waals surface area contributed by atoms with Crippen LogP contribution in [0.2, 0.25) is 0 Å². The predicted molar refractivity (Wildman–Crippen MR) is 115 cm³/mol. The number of hydrogen-bond acceptors (Lipinski definition) is 5. The Morgan fingerprint density at radius 1 is 1.12 bits per heavy atom. The van der Waals surface area contributed by atoms with Crippen LogP contribution < -0.4 is 10.1 Å². The summed E-state index contributed by atoms with van der Waals surface area (Å²) in [4.78, 5) is 17.2. The van der Waals surface area contributed by atoms with Gasteiger partial charge in [0.1, 0.15) is 11.6 Å². The highest BCUT2D eigenvalue weighted by Gasteiger charge is 2.31. The number of thiazole rings is 1. The first-order chi connectivity index (χ1) is 15.2. The van der Waals surface area contributed by atoms with Gasteiger partial charge in [0, 0.05) is 22.6 Å². The highest BCUT2D eigenvalue weighted by Crippen LogP contribution is 2.31. The van der Waals surface area contributed by atoms with Crippen LogP contribution in [0, 0.1) is 6.92 Å². The number of carbonyl (C=O) groups is 1. The quantitative estimate of drug-likeness (QED) is 0.424. The number of amides is 1. The van der Waals surface area contributed by atoms with Gasteiger partial charge in [0.25, 0.3) is 5.91 Å². The second kappa shape index (κ2) is 8.46. The molecule has 0 aliphatic rings. The number of aryl methyl sites for hydroxylation is 1. The van der Waals surface area contributed by atoms with E-state index in [9.17, 15) is 18.0 Å². The van der Waals surface area contributed by atoms with Crippen molar-refractivity contribution in [1.82, 2.24) is 14.8 Å². The van der Waals surface area contributed by atoms with E-state index in [-0.39, 0.29) is 5.56 Å². The number of aromatic nitrogens is 3. The van der Waals surface area contributed by atoms with E-state index < -0.39 is 17.6 Å². The van der Waals surface area contributed by atoms with Crippen molar-refractivity contribution in [2.75, 3.05) is 12.4 Å². The molecule has 2 aromatic carbocycles. The lowest BCUT2D eigenvalue weighted by Gasteiger charge is -2.09. The fourth-order valence-corrected chi connectivity index (χ4v) is 3.83. The zero-order valence-corrected chi connectivity index (χ0v) is 17.8. The molecule has 0 bridgehead atoms. The summed E-state index contributed by atoms with van der Waals surface area (Å²) in [5, 5.41) is 9.35. The van der Waals surface area contributed by atoms with Crippen molar-refractivity contribution in [3.8, 4) is 22.1 Å².